The second-order valence-corrected chi connectivity index (χ2v) is 5.98. The Morgan fingerprint density at radius 1 is 1.22 bits per heavy atom. The van der Waals surface area contributed by atoms with Crippen molar-refractivity contribution in [3.05, 3.63) is 58.1 Å². The van der Waals surface area contributed by atoms with Gasteiger partial charge in [0.2, 0.25) is 0 Å². The second-order valence-electron chi connectivity index (χ2n) is 5.07. The van der Waals surface area contributed by atoms with Crippen LogP contribution in [0, 0.1) is 6.92 Å². The minimum absolute atomic E-state index is 0.0344. The van der Waals surface area contributed by atoms with E-state index in [-0.39, 0.29) is 11.3 Å². The van der Waals surface area contributed by atoms with Gasteiger partial charge in [-0.25, -0.2) is 4.79 Å². The van der Waals surface area contributed by atoms with Crippen LogP contribution < -0.4 is 5.32 Å². The summed E-state index contributed by atoms with van der Waals surface area (Å²) in [6.45, 7) is 3.26. The van der Waals surface area contributed by atoms with E-state index in [9.17, 15) is 14.7 Å². The third-order valence-electron chi connectivity index (χ3n) is 3.12. The van der Waals surface area contributed by atoms with E-state index in [1.54, 1.807) is 31.2 Å². The van der Waals surface area contributed by atoms with E-state index >= 15 is 0 Å². The first-order chi connectivity index (χ1) is 10.9. The zero-order chi connectivity index (χ0) is 17.0. The number of carbonyl (C=O) groups is 2. The molecule has 0 saturated carbocycles. The van der Waals surface area contributed by atoms with Crippen molar-refractivity contribution in [2.45, 2.75) is 20.0 Å². The van der Waals surface area contributed by atoms with Crippen LogP contribution in [0.25, 0.3) is 0 Å². The number of hydrogen-bond donors (Lipinski definition) is 2. The number of anilines is 1. The molecular formula is C17H16BrNO4. The summed E-state index contributed by atoms with van der Waals surface area (Å²) in [5.74, 6) is -1.38. The van der Waals surface area contributed by atoms with Crippen LogP contribution in [0.4, 0.5) is 5.69 Å². The maximum Gasteiger partial charge on any atom is 0.342 e. The minimum atomic E-state index is -0.999. The molecule has 0 aliphatic rings. The minimum Gasteiger partial charge on any atom is -0.507 e. The zero-order valence-electron chi connectivity index (χ0n) is 12.7. The number of hydrogen-bond acceptors (Lipinski definition) is 4. The molecule has 2 aromatic carbocycles. The number of nitrogens with one attached hydrogen (secondary N) is 1. The molecule has 2 aromatic rings. The van der Waals surface area contributed by atoms with Crippen LogP contribution in [0.3, 0.4) is 0 Å². The summed E-state index contributed by atoms with van der Waals surface area (Å²) in [4.78, 5) is 24.1. The van der Waals surface area contributed by atoms with Crippen LogP contribution in [0.5, 0.6) is 5.75 Å². The maximum atomic E-state index is 12.1. The normalized spacial score (nSPS) is 11.6. The van der Waals surface area contributed by atoms with Gasteiger partial charge in [0, 0.05) is 10.2 Å². The highest BCUT2D eigenvalue weighted by Crippen LogP contribution is 2.20. The molecule has 23 heavy (non-hydrogen) atoms. The largest absolute Gasteiger partial charge is 0.507 e. The van der Waals surface area contributed by atoms with E-state index in [0.29, 0.717) is 5.69 Å². The van der Waals surface area contributed by atoms with Gasteiger partial charge in [0.25, 0.3) is 5.91 Å². The van der Waals surface area contributed by atoms with Gasteiger partial charge >= 0.3 is 5.97 Å². The molecule has 0 spiro atoms. The average molecular weight is 378 g/mol. The summed E-state index contributed by atoms with van der Waals surface area (Å²) in [7, 11) is 0. The lowest BCUT2D eigenvalue weighted by Gasteiger charge is -2.14. The van der Waals surface area contributed by atoms with E-state index in [1.165, 1.54) is 19.1 Å². The lowest BCUT2D eigenvalue weighted by molar-refractivity contribution is -0.123. The molecule has 0 bridgehead atoms. The first-order valence-corrected chi connectivity index (χ1v) is 7.73. The van der Waals surface area contributed by atoms with Crippen molar-refractivity contribution in [3.63, 3.8) is 0 Å². The number of phenols is 1. The smallest absolute Gasteiger partial charge is 0.342 e. The van der Waals surface area contributed by atoms with Gasteiger partial charge in [-0.2, -0.15) is 0 Å². The van der Waals surface area contributed by atoms with Gasteiger partial charge in [-0.1, -0.05) is 33.6 Å². The Kier molecular flexibility index (Phi) is 5.39. The van der Waals surface area contributed by atoms with E-state index in [0.717, 1.165) is 10.0 Å². The quantitative estimate of drug-likeness (QED) is 0.797. The number of esters is 1. The second kappa shape index (κ2) is 7.28. The lowest BCUT2D eigenvalue weighted by Crippen LogP contribution is -2.30. The Morgan fingerprint density at radius 2 is 1.96 bits per heavy atom. The Labute approximate surface area is 142 Å². The number of halogens is 1. The van der Waals surface area contributed by atoms with Crippen LogP contribution in [-0.4, -0.2) is 23.1 Å². The van der Waals surface area contributed by atoms with Gasteiger partial charge in [-0.3, -0.25) is 4.79 Å². The molecule has 0 saturated heterocycles. The van der Waals surface area contributed by atoms with Crippen molar-refractivity contribution in [3.8, 4) is 5.75 Å². The Hall–Kier alpha value is -2.34. The fraction of sp³-hybridized carbons (Fsp3) is 0.176. The van der Waals surface area contributed by atoms with Crippen molar-refractivity contribution in [2.75, 3.05) is 5.32 Å². The molecule has 1 amide bonds. The molecule has 2 N–H and O–H groups in total. The van der Waals surface area contributed by atoms with Crippen LogP contribution >= 0.6 is 15.9 Å². The monoisotopic (exact) mass is 377 g/mol. The van der Waals surface area contributed by atoms with Crippen LogP contribution in [0.1, 0.15) is 22.8 Å². The molecule has 0 heterocycles. The Morgan fingerprint density at radius 3 is 2.65 bits per heavy atom. The highest BCUT2D eigenvalue weighted by Gasteiger charge is 2.21. The van der Waals surface area contributed by atoms with Crippen molar-refractivity contribution in [1.82, 2.24) is 0 Å². The molecule has 0 aliphatic heterocycles. The number of benzene rings is 2. The van der Waals surface area contributed by atoms with E-state index < -0.39 is 18.0 Å². The summed E-state index contributed by atoms with van der Waals surface area (Å²) in [6, 6.07) is 11.7. The van der Waals surface area contributed by atoms with Crippen LogP contribution in [0.15, 0.2) is 46.9 Å². The first-order valence-electron chi connectivity index (χ1n) is 6.94. The molecule has 0 aliphatic carbocycles. The van der Waals surface area contributed by atoms with Gasteiger partial charge < -0.3 is 15.2 Å². The molecule has 6 heteroatoms. The standard InChI is InChI=1S/C17H16BrNO4/c1-10-6-7-15(20)14(8-10)17(22)23-11(2)16(21)19-13-5-3-4-12(18)9-13/h3-9,11,20H,1-2H3,(H,19,21)/t11-/m0/s1. The fourth-order valence-corrected chi connectivity index (χ4v) is 2.30. The van der Waals surface area contributed by atoms with Gasteiger partial charge in [0.1, 0.15) is 11.3 Å². The van der Waals surface area contributed by atoms with Gasteiger partial charge in [-0.15, -0.1) is 0 Å². The molecule has 120 valence electrons. The van der Waals surface area contributed by atoms with Gasteiger partial charge in [0.05, 0.1) is 0 Å². The Balaban J connectivity index is 2.03. The Bertz CT molecular complexity index is 745. The summed E-state index contributed by atoms with van der Waals surface area (Å²) in [5.41, 5.74) is 1.43. The lowest BCUT2D eigenvalue weighted by atomic mass is 10.1. The number of aromatic hydroxyl groups is 1. The van der Waals surface area contributed by atoms with Crippen molar-refractivity contribution < 1.29 is 19.4 Å². The number of aryl methyl sites for hydroxylation is 1. The predicted molar refractivity (Wildman–Crippen MR) is 90.5 cm³/mol. The molecule has 1 atom stereocenters. The van der Waals surface area contributed by atoms with Crippen molar-refractivity contribution in [2.24, 2.45) is 0 Å². The molecule has 2 rings (SSSR count). The summed E-state index contributed by atoms with van der Waals surface area (Å²) >= 11 is 3.31. The van der Waals surface area contributed by atoms with E-state index in [1.807, 2.05) is 6.07 Å². The highest BCUT2D eigenvalue weighted by molar-refractivity contribution is 9.10. The fourth-order valence-electron chi connectivity index (χ4n) is 1.90. The third kappa shape index (κ3) is 4.56. The van der Waals surface area contributed by atoms with E-state index in [2.05, 4.69) is 21.2 Å². The maximum absolute atomic E-state index is 12.1. The summed E-state index contributed by atoms with van der Waals surface area (Å²) in [6.07, 6.45) is -0.999. The molecule has 0 unspecified atom stereocenters. The summed E-state index contributed by atoms with van der Waals surface area (Å²) < 4.78 is 5.94. The van der Waals surface area contributed by atoms with Gasteiger partial charge in [0.15, 0.2) is 6.10 Å². The number of ether oxygens (including phenoxy) is 1. The first kappa shape index (κ1) is 17.0. The van der Waals surface area contributed by atoms with Gasteiger partial charge in [-0.05, 0) is 44.2 Å². The summed E-state index contributed by atoms with van der Waals surface area (Å²) in [5, 5.41) is 12.4. The van der Waals surface area contributed by atoms with Crippen molar-refractivity contribution >= 4 is 33.5 Å². The predicted octanol–water partition coefficient (Wildman–Crippen LogP) is 3.65. The molecule has 5 nitrogen and oxygen atoms in total. The molecule has 0 radical (unpaired) electrons. The third-order valence-corrected chi connectivity index (χ3v) is 3.61. The molecule has 0 fully saturated rings. The average Bonchev–Trinajstić information content (AvgIpc) is 2.49. The molecular weight excluding hydrogens is 362 g/mol. The highest BCUT2D eigenvalue weighted by atomic mass is 79.9. The zero-order valence-corrected chi connectivity index (χ0v) is 14.3. The van der Waals surface area contributed by atoms with Crippen LogP contribution in [0.2, 0.25) is 0 Å². The number of carbonyl (C=O) groups excluding carboxylic acids is 2. The number of phenolic OH excluding ortho intramolecular Hbond substituents is 1. The SMILES string of the molecule is Cc1ccc(O)c(C(=O)O[C@@H](C)C(=O)Nc2cccc(Br)c2)c1. The molecule has 0 aromatic heterocycles. The topological polar surface area (TPSA) is 75.6 Å². The number of rotatable bonds is 4. The van der Waals surface area contributed by atoms with Crippen molar-refractivity contribution in [1.29, 1.82) is 0 Å². The number of amides is 1. The van der Waals surface area contributed by atoms with E-state index in [4.69, 9.17) is 4.74 Å². The van der Waals surface area contributed by atoms with Crippen LogP contribution in [-0.2, 0) is 9.53 Å².